The number of ketones is 1. The first kappa shape index (κ1) is 21.2. The molecular formula is C22H26N2O4S2. The van der Waals surface area contributed by atoms with Crippen LogP contribution in [0.25, 0.3) is 0 Å². The Kier molecular flexibility index (Phi) is 6.36. The van der Waals surface area contributed by atoms with Gasteiger partial charge in [0.15, 0.2) is 5.78 Å². The lowest BCUT2D eigenvalue weighted by molar-refractivity contribution is -0.138. The Morgan fingerprint density at radius 3 is 2.07 bits per heavy atom. The second kappa shape index (κ2) is 8.99. The number of likely N-dealkylation sites (tertiary alicyclic amines) is 1. The first-order chi connectivity index (χ1) is 14.5. The summed E-state index contributed by atoms with van der Waals surface area (Å²) in [4.78, 5) is 27.5. The molecule has 0 spiro atoms. The third-order valence-electron chi connectivity index (χ3n) is 6.13. The van der Waals surface area contributed by atoms with Gasteiger partial charge in [-0.2, -0.15) is 4.31 Å². The third kappa shape index (κ3) is 4.36. The molecule has 4 rings (SSSR count). The zero-order valence-corrected chi connectivity index (χ0v) is 18.4. The molecule has 160 valence electrons. The Balaban J connectivity index is 1.29. The molecule has 0 unspecified atom stereocenters. The number of nitrogens with zero attached hydrogens (tertiary/aromatic N) is 2. The lowest BCUT2D eigenvalue weighted by atomic mass is 9.88. The van der Waals surface area contributed by atoms with E-state index in [0.717, 1.165) is 5.56 Å². The molecule has 3 heterocycles. The van der Waals surface area contributed by atoms with E-state index in [2.05, 4.69) is 0 Å². The largest absolute Gasteiger partial charge is 0.342 e. The Morgan fingerprint density at radius 2 is 1.47 bits per heavy atom. The number of hydrogen-bond donors (Lipinski definition) is 0. The van der Waals surface area contributed by atoms with E-state index in [1.807, 2.05) is 35.2 Å². The smallest absolute Gasteiger partial charge is 0.252 e. The Bertz CT molecular complexity index is 973. The van der Waals surface area contributed by atoms with Crippen LogP contribution < -0.4 is 0 Å². The number of piperidine rings is 2. The van der Waals surface area contributed by atoms with Crippen LogP contribution in [0.15, 0.2) is 52.1 Å². The summed E-state index contributed by atoms with van der Waals surface area (Å²) >= 11 is 1.22. The number of thiophene rings is 1. The van der Waals surface area contributed by atoms with Crippen molar-refractivity contribution in [3.63, 3.8) is 0 Å². The lowest BCUT2D eigenvalue weighted by Crippen LogP contribution is -2.47. The van der Waals surface area contributed by atoms with E-state index in [-0.39, 0.29) is 23.5 Å². The fourth-order valence-electron chi connectivity index (χ4n) is 4.34. The summed E-state index contributed by atoms with van der Waals surface area (Å²) in [6, 6.07) is 12.7. The van der Waals surface area contributed by atoms with Crippen LogP contribution in [0.2, 0.25) is 0 Å². The van der Waals surface area contributed by atoms with Crippen molar-refractivity contribution in [2.24, 2.45) is 11.8 Å². The summed E-state index contributed by atoms with van der Waals surface area (Å²) in [5.74, 6) is 0.0963. The lowest BCUT2D eigenvalue weighted by Gasteiger charge is -2.36. The van der Waals surface area contributed by atoms with Crippen LogP contribution in [-0.2, 0) is 14.8 Å². The topological polar surface area (TPSA) is 74.8 Å². The summed E-state index contributed by atoms with van der Waals surface area (Å²) in [7, 11) is -3.45. The highest BCUT2D eigenvalue weighted by Crippen LogP contribution is 2.29. The van der Waals surface area contributed by atoms with Crippen molar-refractivity contribution >= 4 is 33.1 Å². The van der Waals surface area contributed by atoms with Gasteiger partial charge in [0.05, 0.1) is 0 Å². The molecule has 0 aliphatic carbocycles. The number of benzene rings is 1. The highest BCUT2D eigenvalue weighted by Gasteiger charge is 2.36. The van der Waals surface area contributed by atoms with E-state index in [1.54, 1.807) is 17.5 Å². The molecule has 2 aliphatic heterocycles. The summed E-state index contributed by atoms with van der Waals surface area (Å²) in [5.41, 5.74) is 0.738. The second-order valence-electron chi connectivity index (χ2n) is 7.94. The van der Waals surface area contributed by atoms with Crippen LogP contribution in [-0.4, -0.2) is 55.5 Å². The highest BCUT2D eigenvalue weighted by molar-refractivity contribution is 7.91. The van der Waals surface area contributed by atoms with E-state index >= 15 is 0 Å². The van der Waals surface area contributed by atoms with Crippen molar-refractivity contribution in [2.75, 3.05) is 26.2 Å². The van der Waals surface area contributed by atoms with Gasteiger partial charge in [0, 0.05) is 43.6 Å². The number of Topliss-reactive ketones (excluding diaryl/α,β-unsaturated/α-hetero) is 1. The summed E-state index contributed by atoms with van der Waals surface area (Å²) in [6.07, 6.45) is 2.47. The molecule has 2 saturated heterocycles. The van der Waals surface area contributed by atoms with Gasteiger partial charge in [0.25, 0.3) is 10.0 Å². The zero-order chi connectivity index (χ0) is 21.1. The van der Waals surface area contributed by atoms with Gasteiger partial charge >= 0.3 is 0 Å². The minimum absolute atomic E-state index is 0.0331. The molecule has 0 N–H and O–H groups in total. The van der Waals surface area contributed by atoms with E-state index in [1.165, 1.54) is 15.6 Å². The number of amides is 1. The predicted octanol–water partition coefficient (Wildman–Crippen LogP) is 3.27. The van der Waals surface area contributed by atoms with Crippen molar-refractivity contribution < 1.29 is 18.0 Å². The molecule has 1 aromatic heterocycles. The molecule has 0 atom stereocenters. The molecule has 0 bridgehead atoms. The van der Waals surface area contributed by atoms with Crippen LogP contribution in [0.5, 0.6) is 0 Å². The Hall–Kier alpha value is -2.03. The normalized spacial score (nSPS) is 19.7. The van der Waals surface area contributed by atoms with Crippen LogP contribution in [0.1, 0.15) is 36.0 Å². The van der Waals surface area contributed by atoms with Crippen LogP contribution in [0, 0.1) is 11.8 Å². The minimum atomic E-state index is -3.45. The van der Waals surface area contributed by atoms with Crippen LogP contribution >= 0.6 is 11.3 Å². The van der Waals surface area contributed by atoms with E-state index in [9.17, 15) is 18.0 Å². The van der Waals surface area contributed by atoms with Gasteiger partial charge in [-0.3, -0.25) is 9.59 Å². The maximum Gasteiger partial charge on any atom is 0.252 e. The quantitative estimate of drug-likeness (QED) is 0.661. The summed E-state index contributed by atoms with van der Waals surface area (Å²) in [5, 5.41) is 1.76. The average Bonchev–Trinajstić information content (AvgIpc) is 3.35. The first-order valence-electron chi connectivity index (χ1n) is 10.4. The number of carbonyl (C=O) groups excluding carboxylic acids is 2. The van der Waals surface area contributed by atoms with Gasteiger partial charge in [0.2, 0.25) is 5.91 Å². The molecule has 2 fully saturated rings. The van der Waals surface area contributed by atoms with E-state index in [0.29, 0.717) is 56.1 Å². The fraction of sp³-hybridized carbons (Fsp3) is 0.455. The van der Waals surface area contributed by atoms with Gasteiger partial charge < -0.3 is 4.90 Å². The molecular weight excluding hydrogens is 420 g/mol. The molecule has 1 amide bonds. The molecule has 8 heteroatoms. The Labute approximate surface area is 181 Å². The van der Waals surface area contributed by atoms with Crippen LogP contribution in [0.4, 0.5) is 0 Å². The monoisotopic (exact) mass is 446 g/mol. The predicted molar refractivity (Wildman–Crippen MR) is 116 cm³/mol. The van der Waals surface area contributed by atoms with E-state index in [4.69, 9.17) is 0 Å². The minimum Gasteiger partial charge on any atom is -0.342 e. The standard InChI is InChI=1S/C22H26N2O4S2/c25-21(17-5-2-1-3-6-17)18-8-12-23(13-9-18)22(26)19-10-14-24(15-11-19)30(27,28)20-7-4-16-29-20/h1-7,16,18-19H,8-15H2. The first-order valence-corrected chi connectivity index (χ1v) is 12.7. The molecule has 2 aromatic rings. The number of hydrogen-bond acceptors (Lipinski definition) is 5. The number of sulfonamides is 1. The molecule has 2 aliphatic rings. The van der Waals surface area contributed by atoms with Crippen molar-refractivity contribution in [2.45, 2.75) is 29.9 Å². The van der Waals surface area contributed by atoms with Gasteiger partial charge in [-0.25, -0.2) is 8.42 Å². The van der Waals surface area contributed by atoms with Crippen LogP contribution in [0.3, 0.4) is 0 Å². The van der Waals surface area contributed by atoms with Crippen molar-refractivity contribution in [1.29, 1.82) is 0 Å². The summed E-state index contributed by atoms with van der Waals surface area (Å²) < 4.78 is 27.2. The summed E-state index contributed by atoms with van der Waals surface area (Å²) in [6.45, 7) is 1.94. The molecule has 0 radical (unpaired) electrons. The molecule has 0 saturated carbocycles. The van der Waals surface area contributed by atoms with Gasteiger partial charge in [-0.05, 0) is 37.1 Å². The highest BCUT2D eigenvalue weighted by atomic mass is 32.2. The average molecular weight is 447 g/mol. The molecule has 1 aromatic carbocycles. The van der Waals surface area contributed by atoms with E-state index < -0.39 is 10.0 Å². The van der Waals surface area contributed by atoms with Gasteiger partial charge in [-0.1, -0.05) is 36.4 Å². The third-order valence-corrected chi connectivity index (χ3v) is 9.40. The van der Waals surface area contributed by atoms with Gasteiger partial charge in [0.1, 0.15) is 4.21 Å². The SMILES string of the molecule is O=C(c1ccccc1)C1CCN(C(=O)C2CCN(S(=O)(=O)c3cccs3)CC2)CC1. The number of rotatable bonds is 5. The van der Waals surface area contributed by atoms with Gasteiger partial charge in [-0.15, -0.1) is 11.3 Å². The maximum absolute atomic E-state index is 13.0. The van der Waals surface area contributed by atoms with Crippen molar-refractivity contribution in [3.05, 3.63) is 53.4 Å². The fourth-order valence-corrected chi connectivity index (χ4v) is 6.95. The molecule has 30 heavy (non-hydrogen) atoms. The molecule has 6 nitrogen and oxygen atoms in total. The number of carbonyl (C=O) groups is 2. The van der Waals surface area contributed by atoms with Crippen molar-refractivity contribution in [1.82, 2.24) is 9.21 Å². The second-order valence-corrected chi connectivity index (χ2v) is 11.1. The Morgan fingerprint density at radius 1 is 0.833 bits per heavy atom. The maximum atomic E-state index is 13.0. The zero-order valence-electron chi connectivity index (χ0n) is 16.8. The van der Waals surface area contributed by atoms with Crippen molar-refractivity contribution in [3.8, 4) is 0 Å².